The molecule has 3 nitrogen and oxygen atoms in total. The lowest BCUT2D eigenvalue weighted by Gasteiger charge is -2.19. The first-order valence-corrected chi connectivity index (χ1v) is 6.85. The van der Waals surface area contributed by atoms with Crippen molar-refractivity contribution in [3.05, 3.63) is 58.4 Å². The van der Waals surface area contributed by atoms with E-state index in [1.54, 1.807) is 32.4 Å². The van der Waals surface area contributed by atoms with Crippen molar-refractivity contribution in [2.24, 2.45) is 5.73 Å². The lowest BCUT2D eigenvalue weighted by molar-refractivity contribution is 0.378. The Bertz CT molecular complexity index is 611. The summed E-state index contributed by atoms with van der Waals surface area (Å²) < 4.78 is 24.5. The van der Waals surface area contributed by atoms with Crippen molar-refractivity contribution in [2.75, 3.05) is 14.2 Å². The molecule has 0 bridgehead atoms. The van der Waals surface area contributed by atoms with E-state index in [-0.39, 0.29) is 5.82 Å². The van der Waals surface area contributed by atoms with Crippen molar-refractivity contribution in [2.45, 2.75) is 12.5 Å². The van der Waals surface area contributed by atoms with Crippen molar-refractivity contribution in [1.29, 1.82) is 0 Å². The molecule has 0 aliphatic heterocycles. The molecule has 2 aromatic carbocycles. The van der Waals surface area contributed by atoms with Gasteiger partial charge in [0.15, 0.2) is 0 Å². The summed E-state index contributed by atoms with van der Waals surface area (Å²) in [7, 11) is 3.12. The Morgan fingerprint density at radius 2 is 1.76 bits per heavy atom. The van der Waals surface area contributed by atoms with Gasteiger partial charge < -0.3 is 15.2 Å². The van der Waals surface area contributed by atoms with E-state index in [0.29, 0.717) is 34.1 Å². The molecule has 0 amide bonds. The predicted octanol–water partition coefficient (Wildman–Crippen LogP) is 3.74. The molecule has 0 fully saturated rings. The normalized spacial score (nSPS) is 12.0. The van der Waals surface area contributed by atoms with Gasteiger partial charge in [0.1, 0.15) is 17.3 Å². The summed E-state index contributed by atoms with van der Waals surface area (Å²) in [6, 6.07) is 9.37. The minimum absolute atomic E-state index is 0.295. The second-order valence-electron chi connectivity index (χ2n) is 4.62. The Labute approximate surface area is 128 Å². The molecule has 2 aromatic rings. The van der Waals surface area contributed by atoms with Gasteiger partial charge in [0.25, 0.3) is 0 Å². The fraction of sp³-hybridized carbons (Fsp3) is 0.250. The largest absolute Gasteiger partial charge is 0.496 e. The molecule has 0 saturated heterocycles. The first-order chi connectivity index (χ1) is 10.1. The van der Waals surface area contributed by atoms with Gasteiger partial charge in [-0.3, -0.25) is 0 Å². The first kappa shape index (κ1) is 15.6. The highest BCUT2D eigenvalue weighted by Crippen LogP contribution is 2.34. The highest BCUT2D eigenvalue weighted by Gasteiger charge is 2.19. The van der Waals surface area contributed by atoms with E-state index in [1.807, 2.05) is 6.07 Å². The molecule has 21 heavy (non-hydrogen) atoms. The average Bonchev–Trinajstić information content (AvgIpc) is 2.49. The van der Waals surface area contributed by atoms with E-state index < -0.39 is 6.04 Å². The molecular weight excluding hydrogens is 293 g/mol. The van der Waals surface area contributed by atoms with E-state index in [0.717, 1.165) is 0 Å². The van der Waals surface area contributed by atoms with E-state index in [2.05, 4.69) is 0 Å². The molecule has 1 atom stereocenters. The monoisotopic (exact) mass is 309 g/mol. The topological polar surface area (TPSA) is 44.5 Å². The summed E-state index contributed by atoms with van der Waals surface area (Å²) in [5, 5.41) is 0.477. The first-order valence-electron chi connectivity index (χ1n) is 6.47. The summed E-state index contributed by atoms with van der Waals surface area (Å²) >= 11 is 5.91. The van der Waals surface area contributed by atoms with Crippen LogP contribution in [0.5, 0.6) is 11.5 Å². The highest BCUT2D eigenvalue weighted by atomic mass is 35.5. The molecule has 5 heteroatoms. The van der Waals surface area contributed by atoms with Gasteiger partial charge in [-0.25, -0.2) is 4.39 Å². The van der Waals surface area contributed by atoms with Crippen LogP contribution in [0.2, 0.25) is 5.02 Å². The molecule has 0 radical (unpaired) electrons. The molecule has 2 rings (SSSR count). The highest BCUT2D eigenvalue weighted by molar-refractivity contribution is 6.30. The minimum atomic E-state index is -0.468. The number of benzene rings is 2. The zero-order chi connectivity index (χ0) is 15.4. The third-order valence-corrected chi connectivity index (χ3v) is 3.52. The SMILES string of the molecule is COc1cccc(OC)c1C(N)Cc1cc(Cl)ccc1F. The Balaban J connectivity index is 2.36. The third-order valence-electron chi connectivity index (χ3n) is 3.28. The van der Waals surface area contributed by atoms with E-state index in [4.69, 9.17) is 26.8 Å². The number of ether oxygens (including phenoxy) is 2. The summed E-state index contributed by atoms with van der Waals surface area (Å²) in [6.45, 7) is 0. The fourth-order valence-corrected chi connectivity index (χ4v) is 2.48. The van der Waals surface area contributed by atoms with Crippen molar-refractivity contribution in [3.8, 4) is 11.5 Å². The summed E-state index contributed by atoms with van der Waals surface area (Å²) in [6.07, 6.45) is 0.295. The van der Waals surface area contributed by atoms with Crippen LogP contribution in [0.3, 0.4) is 0 Å². The maximum Gasteiger partial charge on any atom is 0.127 e. The van der Waals surface area contributed by atoms with Crippen LogP contribution < -0.4 is 15.2 Å². The van der Waals surface area contributed by atoms with Gasteiger partial charge in [-0.2, -0.15) is 0 Å². The number of rotatable bonds is 5. The van der Waals surface area contributed by atoms with E-state index in [9.17, 15) is 4.39 Å². The van der Waals surface area contributed by atoms with Crippen molar-refractivity contribution < 1.29 is 13.9 Å². The van der Waals surface area contributed by atoms with Crippen molar-refractivity contribution >= 4 is 11.6 Å². The quantitative estimate of drug-likeness (QED) is 0.915. The van der Waals surface area contributed by atoms with Crippen LogP contribution in [0.15, 0.2) is 36.4 Å². The summed E-state index contributed by atoms with van der Waals surface area (Å²) in [4.78, 5) is 0. The lowest BCUT2D eigenvalue weighted by Crippen LogP contribution is -2.16. The van der Waals surface area contributed by atoms with Crippen molar-refractivity contribution in [3.63, 3.8) is 0 Å². The van der Waals surface area contributed by atoms with E-state index in [1.165, 1.54) is 12.1 Å². The maximum absolute atomic E-state index is 13.8. The molecular formula is C16H17ClFNO2. The Hall–Kier alpha value is -1.78. The molecule has 0 heterocycles. The number of methoxy groups -OCH3 is 2. The molecule has 1 unspecified atom stereocenters. The number of nitrogens with two attached hydrogens (primary N) is 1. The van der Waals surface area contributed by atoms with E-state index >= 15 is 0 Å². The van der Waals surface area contributed by atoms with Crippen LogP contribution >= 0.6 is 11.6 Å². The van der Waals surface area contributed by atoms with Crippen LogP contribution in [0.25, 0.3) is 0 Å². The molecule has 0 spiro atoms. The van der Waals surface area contributed by atoms with Crippen LogP contribution in [0, 0.1) is 5.82 Å². The second kappa shape index (κ2) is 6.78. The third kappa shape index (κ3) is 3.46. The van der Waals surface area contributed by atoms with Gasteiger partial charge in [-0.15, -0.1) is 0 Å². The van der Waals surface area contributed by atoms with Crippen LogP contribution in [-0.4, -0.2) is 14.2 Å². The Morgan fingerprint density at radius 1 is 1.14 bits per heavy atom. The summed E-state index contributed by atoms with van der Waals surface area (Å²) in [5.41, 5.74) is 7.40. The minimum Gasteiger partial charge on any atom is -0.496 e. The smallest absolute Gasteiger partial charge is 0.127 e. The van der Waals surface area contributed by atoms with Gasteiger partial charge in [0.2, 0.25) is 0 Å². The van der Waals surface area contributed by atoms with Gasteiger partial charge in [0.05, 0.1) is 19.8 Å². The zero-order valence-electron chi connectivity index (χ0n) is 11.9. The van der Waals surface area contributed by atoms with Crippen molar-refractivity contribution in [1.82, 2.24) is 0 Å². The lowest BCUT2D eigenvalue weighted by atomic mass is 9.97. The molecule has 0 aromatic heterocycles. The fourth-order valence-electron chi connectivity index (χ4n) is 2.28. The number of hydrogen-bond acceptors (Lipinski definition) is 3. The predicted molar refractivity (Wildman–Crippen MR) is 81.6 cm³/mol. The van der Waals surface area contributed by atoms with Gasteiger partial charge in [-0.05, 0) is 42.3 Å². The Morgan fingerprint density at radius 3 is 2.33 bits per heavy atom. The van der Waals surface area contributed by atoms with Gasteiger partial charge >= 0.3 is 0 Å². The van der Waals surface area contributed by atoms with Crippen LogP contribution in [-0.2, 0) is 6.42 Å². The average molecular weight is 310 g/mol. The second-order valence-corrected chi connectivity index (χ2v) is 5.06. The van der Waals surface area contributed by atoms with Crippen LogP contribution in [0.4, 0.5) is 4.39 Å². The molecule has 0 aliphatic carbocycles. The van der Waals surface area contributed by atoms with Gasteiger partial charge in [0, 0.05) is 11.1 Å². The van der Waals surface area contributed by atoms with Gasteiger partial charge in [-0.1, -0.05) is 17.7 Å². The van der Waals surface area contributed by atoms with Crippen LogP contribution in [0.1, 0.15) is 17.2 Å². The number of hydrogen-bond donors (Lipinski definition) is 1. The number of halogens is 2. The maximum atomic E-state index is 13.8. The molecule has 0 saturated carbocycles. The molecule has 0 aliphatic rings. The summed E-state index contributed by atoms with van der Waals surface area (Å²) in [5.74, 6) is 0.900. The Kier molecular flexibility index (Phi) is 5.04. The standard InChI is InChI=1S/C16H17ClFNO2/c1-20-14-4-3-5-15(21-2)16(14)13(19)9-10-8-11(17)6-7-12(10)18/h3-8,13H,9,19H2,1-2H3. The zero-order valence-corrected chi connectivity index (χ0v) is 12.7. The molecule has 2 N–H and O–H groups in total. The molecule has 112 valence electrons.